The molecule has 0 spiro atoms. The van der Waals surface area contributed by atoms with Crippen molar-refractivity contribution in [2.45, 2.75) is 39.0 Å². The van der Waals surface area contributed by atoms with E-state index in [0.717, 1.165) is 18.4 Å². The van der Waals surface area contributed by atoms with Crippen molar-refractivity contribution in [3.63, 3.8) is 0 Å². The minimum atomic E-state index is 0.212. The predicted molar refractivity (Wildman–Crippen MR) is 76.3 cm³/mol. The average molecular weight is 285 g/mol. The molecular weight excluding hydrogens is 267 g/mol. The van der Waals surface area contributed by atoms with Crippen LogP contribution in [0.25, 0.3) is 0 Å². The molecule has 3 heteroatoms. The Hall–Kier alpha value is -0.530. The Morgan fingerprint density at radius 3 is 2.83 bits per heavy atom. The number of hydrogen-bond donors (Lipinski definition) is 0. The second kappa shape index (κ2) is 6.08. The Bertz CT molecular complexity index is 442. The van der Waals surface area contributed by atoms with E-state index in [1.807, 2.05) is 12.1 Å². The summed E-state index contributed by atoms with van der Waals surface area (Å²) < 4.78 is 0. The number of halogens is 2. The van der Waals surface area contributed by atoms with E-state index in [2.05, 4.69) is 6.92 Å². The zero-order valence-electron chi connectivity index (χ0n) is 10.6. The molecular formula is C15H18Cl2O. The number of hydrogen-bond acceptors (Lipinski definition) is 1. The third kappa shape index (κ3) is 3.27. The summed E-state index contributed by atoms with van der Waals surface area (Å²) in [5.74, 6) is 1.19. The van der Waals surface area contributed by atoms with Gasteiger partial charge in [0.25, 0.3) is 0 Å². The quantitative estimate of drug-likeness (QED) is 0.769. The van der Waals surface area contributed by atoms with Crippen LogP contribution in [0.5, 0.6) is 0 Å². The highest BCUT2D eigenvalue weighted by atomic mass is 35.5. The van der Waals surface area contributed by atoms with Gasteiger partial charge in [-0.15, -0.1) is 0 Å². The predicted octanol–water partition coefficient (Wildman–Crippen LogP) is 4.93. The normalized spacial score (nSPS) is 23.9. The lowest BCUT2D eigenvalue weighted by molar-refractivity contribution is -0.123. The van der Waals surface area contributed by atoms with Crippen LogP contribution in [0.1, 0.15) is 38.2 Å². The van der Waals surface area contributed by atoms with E-state index in [1.165, 1.54) is 12.8 Å². The van der Waals surface area contributed by atoms with Crippen LogP contribution in [0.3, 0.4) is 0 Å². The lowest BCUT2D eigenvalue weighted by Gasteiger charge is -2.25. The summed E-state index contributed by atoms with van der Waals surface area (Å²) in [5.41, 5.74) is 0.854. The summed E-state index contributed by atoms with van der Waals surface area (Å²) in [6.07, 6.45) is 4.89. The number of carbonyl (C=O) groups is 1. The van der Waals surface area contributed by atoms with Gasteiger partial charge < -0.3 is 0 Å². The first kappa shape index (κ1) is 13.9. The summed E-state index contributed by atoms with van der Waals surface area (Å²) in [7, 11) is 0. The average Bonchev–Trinajstić information content (AvgIpc) is 2.35. The van der Waals surface area contributed by atoms with Crippen LogP contribution in [0, 0.1) is 11.8 Å². The van der Waals surface area contributed by atoms with Gasteiger partial charge in [-0.2, -0.15) is 0 Å². The van der Waals surface area contributed by atoms with Crippen LogP contribution in [-0.2, 0) is 11.2 Å². The van der Waals surface area contributed by atoms with Crippen molar-refractivity contribution >= 4 is 29.0 Å². The fourth-order valence-corrected chi connectivity index (χ4v) is 3.13. The lowest BCUT2D eigenvalue weighted by atomic mass is 9.79. The van der Waals surface area contributed by atoms with Gasteiger partial charge in [-0.05, 0) is 30.4 Å². The zero-order chi connectivity index (χ0) is 13.1. The summed E-state index contributed by atoms with van der Waals surface area (Å²) in [6, 6.07) is 5.49. The highest BCUT2D eigenvalue weighted by molar-refractivity contribution is 6.42. The number of Topliss-reactive ketones (excluding diaryl/α,β-unsaturated/α-hetero) is 1. The van der Waals surface area contributed by atoms with Gasteiger partial charge in [-0.25, -0.2) is 0 Å². The van der Waals surface area contributed by atoms with Crippen molar-refractivity contribution in [2.75, 3.05) is 0 Å². The second-order valence-corrected chi connectivity index (χ2v) is 6.11. The minimum Gasteiger partial charge on any atom is -0.299 e. The first-order valence-corrected chi connectivity index (χ1v) is 7.29. The van der Waals surface area contributed by atoms with Gasteiger partial charge in [0.1, 0.15) is 5.78 Å². The molecule has 18 heavy (non-hydrogen) atoms. The zero-order valence-corrected chi connectivity index (χ0v) is 12.1. The SMILES string of the molecule is CC1CCCC(C(=O)Cc2cccc(Cl)c2Cl)C1. The maximum atomic E-state index is 12.3. The Kier molecular flexibility index (Phi) is 4.69. The van der Waals surface area contributed by atoms with Crippen molar-refractivity contribution in [2.24, 2.45) is 11.8 Å². The molecule has 1 saturated carbocycles. The molecule has 2 rings (SSSR count). The Morgan fingerprint density at radius 2 is 2.11 bits per heavy atom. The summed E-state index contributed by atoms with van der Waals surface area (Å²) in [5, 5.41) is 1.05. The van der Waals surface area contributed by atoms with Crippen molar-refractivity contribution in [3.05, 3.63) is 33.8 Å². The monoisotopic (exact) mass is 284 g/mol. The minimum absolute atomic E-state index is 0.212. The third-order valence-corrected chi connectivity index (χ3v) is 4.65. The molecule has 1 nitrogen and oxygen atoms in total. The van der Waals surface area contributed by atoms with Gasteiger partial charge >= 0.3 is 0 Å². The van der Waals surface area contributed by atoms with Crippen LogP contribution >= 0.6 is 23.2 Å². The van der Waals surface area contributed by atoms with Gasteiger partial charge in [-0.1, -0.05) is 55.1 Å². The fourth-order valence-electron chi connectivity index (χ4n) is 2.74. The van der Waals surface area contributed by atoms with Gasteiger partial charge in [-0.3, -0.25) is 4.79 Å². The topological polar surface area (TPSA) is 17.1 Å². The molecule has 0 aliphatic heterocycles. The van der Waals surface area contributed by atoms with E-state index >= 15 is 0 Å². The Balaban J connectivity index is 2.04. The van der Waals surface area contributed by atoms with E-state index in [0.29, 0.717) is 28.2 Å². The standard InChI is InChI=1S/C15H18Cl2O/c1-10-4-2-5-11(8-10)14(18)9-12-6-3-7-13(16)15(12)17/h3,6-7,10-11H,2,4-5,8-9H2,1H3. The van der Waals surface area contributed by atoms with E-state index in [4.69, 9.17) is 23.2 Å². The highest BCUT2D eigenvalue weighted by Gasteiger charge is 2.25. The van der Waals surface area contributed by atoms with Gasteiger partial charge in [0, 0.05) is 12.3 Å². The molecule has 1 aromatic carbocycles. The number of ketones is 1. The van der Waals surface area contributed by atoms with E-state index < -0.39 is 0 Å². The molecule has 0 radical (unpaired) electrons. The van der Waals surface area contributed by atoms with E-state index in [9.17, 15) is 4.79 Å². The van der Waals surface area contributed by atoms with Crippen molar-refractivity contribution in [1.29, 1.82) is 0 Å². The molecule has 2 unspecified atom stereocenters. The molecule has 0 bridgehead atoms. The van der Waals surface area contributed by atoms with Crippen LogP contribution in [0.2, 0.25) is 10.0 Å². The molecule has 0 heterocycles. The van der Waals surface area contributed by atoms with Crippen LogP contribution in [0.4, 0.5) is 0 Å². The second-order valence-electron chi connectivity index (χ2n) is 5.32. The lowest BCUT2D eigenvalue weighted by Crippen LogP contribution is -2.23. The molecule has 0 aromatic heterocycles. The van der Waals surface area contributed by atoms with E-state index in [-0.39, 0.29) is 5.92 Å². The molecule has 1 aliphatic carbocycles. The van der Waals surface area contributed by atoms with Crippen molar-refractivity contribution in [1.82, 2.24) is 0 Å². The molecule has 2 atom stereocenters. The van der Waals surface area contributed by atoms with E-state index in [1.54, 1.807) is 6.07 Å². The molecule has 1 aromatic rings. The van der Waals surface area contributed by atoms with Gasteiger partial charge in [0.2, 0.25) is 0 Å². The van der Waals surface area contributed by atoms with Crippen LogP contribution in [-0.4, -0.2) is 5.78 Å². The third-order valence-electron chi connectivity index (χ3n) is 3.79. The summed E-state index contributed by atoms with van der Waals surface area (Å²) >= 11 is 12.1. The smallest absolute Gasteiger partial charge is 0.140 e. The van der Waals surface area contributed by atoms with Gasteiger partial charge in [0.05, 0.1) is 10.0 Å². The first-order valence-electron chi connectivity index (χ1n) is 6.53. The maximum Gasteiger partial charge on any atom is 0.140 e. The molecule has 1 aliphatic rings. The summed E-state index contributed by atoms with van der Waals surface area (Å²) in [4.78, 5) is 12.3. The Labute approximate surface area is 118 Å². The van der Waals surface area contributed by atoms with Gasteiger partial charge in [0.15, 0.2) is 0 Å². The molecule has 1 fully saturated rings. The summed E-state index contributed by atoms with van der Waals surface area (Å²) in [6.45, 7) is 2.23. The van der Waals surface area contributed by atoms with Crippen LogP contribution < -0.4 is 0 Å². The Morgan fingerprint density at radius 1 is 1.33 bits per heavy atom. The molecule has 0 N–H and O–H groups in total. The molecule has 0 saturated heterocycles. The number of benzene rings is 1. The highest BCUT2D eigenvalue weighted by Crippen LogP contribution is 2.31. The number of carbonyl (C=O) groups excluding carboxylic acids is 1. The molecule has 98 valence electrons. The first-order chi connectivity index (χ1) is 8.58. The fraction of sp³-hybridized carbons (Fsp3) is 0.533. The van der Waals surface area contributed by atoms with Crippen molar-refractivity contribution in [3.8, 4) is 0 Å². The largest absolute Gasteiger partial charge is 0.299 e. The number of rotatable bonds is 3. The molecule has 0 amide bonds. The van der Waals surface area contributed by atoms with Crippen molar-refractivity contribution < 1.29 is 4.79 Å². The van der Waals surface area contributed by atoms with Crippen LogP contribution in [0.15, 0.2) is 18.2 Å². The maximum absolute atomic E-state index is 12.3.